The molecule has 0 atom stereocenters. The van der Waals surface area contributed by atoms with Crippen LogP contribution in [0.1, 0.15) is 21.5 Å². The molecule has 5 heteroatoms. The van der Waals surface area contributed by atoms with E-state index in [-0.39, 0.29) is 10.0 Å². The van der Waals surface area contributed by atoms with Gasteiger partial charge in [0, 0.05) is 5.56 Å². The molecule has 0 fully saturated rings. The fourth-order valence-electron chi connectivity index (χ4n) is 1.87. The number of carbonyl (C=O) groups excluding carboxylic acids is 1. The van der Waals surface area contributed by atoms with E-state index in [9.17, 15) is 13.6 Å². The Labute approximate surface area is 123 Å². The maximum atomic E-state index is 13.9. The third-order valence-electron chi connectivity index (χ3n) is 2.92. The van der Waals surface area contributed by atoms with Crippen LogP contribution >= 0.6 is 15.9 Å². The Morgan fingerprint density at radius 3 is 2.35 bits per heavy atom. The van der Waals surface area contributed by atoms with Crippen molar-refractivity contribution in [3.05, 3.63) is 69.2 Å². The summed E-state index contributed by atoms with van der Waals surface area (Å²) in [4.78, 5) is 12.2. The van der Waals surface area contributed by atoms with Gasteiger partial charge in [-0.3, -0.25) is 4.79 Å². The number of hydrogen-bond donors (Lipinski definition) is 1. The van der Waals surface area contributed by atoms with Crippen molar-refractivity contribution >= 4 is 21.7 Å². The predicted molar refractivity (Wildman–Crippen MR) is 76.7 cm³/mol. The van der Waals surface area contributed by atoms with Crippen molar-refractivity contribution in [2.24, 2.45) is 5.73 Å². The van der Waals surface area contributed by atoms with Crippen LogP contribution in [0.2, 0.25) is 0 Å². The van der Waals surface area contributed by atoms with Crippen LogP contribution in [0.5, 0.6) is 0 Å². The Morgan fingerprint density at radius 2 is 1.75 bits per heavy atom. The zero-order chi connectivity index (χ0) is 14.7. The molecular formula is C15H12BrF2NO. The minimum absolute atomic E-state index is 0.0574. The van der Waals surface area contributed by atoms with E-state index in [4.69, 9.17) is 5.73 Å². The number of nitrogens with two attached hydrogens (primary N) is 1. The van der Waals surface area contributed by atoms with Gasteiger partial charge in [0.15, 0.2) is 11.6 Å². The first-order valence-corrected chi connectivity index (χ1v) is 6.81. The highest BCUT2D eigenvalue weighted by atomic mass is 79.9. The van der Waals surface area contributed by atoms with E-state index in [2.05, 4.69) is 15.9 Å². The molecule has 0 bridgehead atoms. The van der Waals surface area contributed by atoms with Gasteiger partial charge in [-0.2, -0.15) is 0 Å². The molecule has 0 aliphatic heterocycles. The molecule has 0 saturated carbocycles. The molecule has 20 heavy (non-hydrogen) atoms. The lowest BCUT2D eigenvalue weighted by Gasteiger charge is -2.06. The zero-order valence-electron chi connectivity index (χ0n) is 10.5. The van der Waals surface area contributed by atoms with Crippen LogP contribution in [0.4, 0.5) is 8.78 Å². The highest BCUT2D eigenvalue weighted by molar-refractivity contribution is 9.10. The Morgan fingerprint density at radius 1 is 1.10 bits per heavy atom. The predicted octanol–water partition coefficient (Wildman–Crippen LogP) is 3.46. The Balaban J connectivity index is 2.39. The molecule has 0 unspecified atom stereocenters. The second-order valence-corrected chi connectivity index (χ2v) is 5.14. The van der Waals surface area contributed by atoms with E-state index >= 15 is 0 Å². The van der Waals surface area contributed by atoms with E-state index in [0.717, 1.165) is 11.6 Å². The van der Waals surface area contributed by atoms with Crippen LogP contribution in [0, 0.1) is 11.6 Å². The summed E-state index contributed by atoms with van der Waals surface area (Å²) >= 11 is 2.95. The van der Waals surface area contributed by atoms with Crippen molar-refractivity contribution in [1.82, 2.24) is 0 Å². The first-order valence-electron chi connectivity index (χ1n) is 6.01. The van der Waals surface area contributed by atoms with Crippen molar-refractivity contribution in [1.29, 1.82) is 0 Å². The van der Waals surface area contributed by atoms with Gasteiger partial charge in [-0.1, -0.05) is 24.3 Å². The van der Waals surface area contributed by atoms with Gasteiger partial charge in [0.2, 0.25) is 0 Å². The van der Waals surface area contributed by atoms with E-state index in [1.54, 1.807) is 24.3 Å². The lowest BCUT2D eigenvalue weighted by Crippen LogP contribution is -2.08. The topological polar surface area (TPSA) is 43.1 Å². The molecule has 2 rings (SSSR count). The minimum atomic E-state index is -0.888. The smallest absolute Gasteiger partial charge is 0.198 e. The minimum Gasteiger partial charge on any atom is -0.330 e. The maximum absolute atomic E-state index is 13.9. The van der Waals surface area contributed by atoms with E-state index in [1.807, 2.05) is 0 Å². The summed E-state index contributed by atoms with van der Waals surface area (Å²) in [5.74, 6) is -2.44. The molecule has 0 heterocycles. The average Bonchev–Trinajstić information content (AvgIpc) is 2.44. The van der Waals surface area contributed by atoms with Crippen LogP contribution in [-0.2, 0) is 6.42 Å². The summed E-state index contributed by atoms with van der Waals surface area (Å²) in [7, 11) is 0. The highest BCUT2D eigenvalue weighted by Gasteiger charge is 2.20. The summed E-state index contributed by atoms with van der Waals surface area (Å²) in [5.41, 5.74) is 6.09. The highest BCUT2D eigenvalue weighted by Crippen LogP contribution is 2.24. The number of benzene rings is 2. The number of rotatable bonds is 4. The van der Waals surface area contributed by atoms with Crippen LogP contribution in [-0.4, -0.2) is 12.3 Å². The molecule has 2 aromatic rings. The van der Waals surface area contributed by atoms with Gasteiger partial charge in [0.05, 0.1) is 10.0 Å². The summed E-state index contributed by atoms with van der Waals surface area (Å²) in [6.45, 7) is 0.502. The standard InChI is InChI=1S/C15H12BrF2NO/c16-11-5-6-12(17)13(14(11)18)15(20)10-3-1-9(2-4-10)7-8-19/h1-6H,7-8,19H2. The molecule has 0 aliphatic rings. The summed E-state index contributed by atoms with van der Waals surface area (Å²) < 4.78 is 27.6. The Bertz CT molecular complexity index is 641. The number of halogens is 3. The molecule has 0 saturated heterocycles. The van der Waals surface area contributed by atoms with Crippen molar-refractivity contribution in [3.8, 4) is 0 Å². The van der Waals surface area contributed by atoms with E-state index < -0.39 is 23.0 Å². The second kappa shape index (κ2) is 6.24. The zero-order valence-corrected chi connectivity index (χ0v) is 12.1. The van der Waals surface area contributed by atoms with Gasteiger partial charge in [-0.25, -0.2) is 8.78 Å². The van der Waals surface area contributed by atoms with E-state index in [1.165, 1.54) is 6.07 Å². The van der Waals surface area contributed by atoms with Gasteiger partial charge < -0.3 is 5.73 Å². The largest absolute Gasteiger partial charge is 0.330 e. The molecule has 104 valence electrons. The third-order valence-corrected chi connectivity index (χ3v) is 3.53. The normalized spacial score (nSPS) is 10.6. The van der Waals surface area contributed by atoms with Gasteiger partial charge in [0.1, 0.15) is 5.82 Å². The second-order valence-electron chi connectivity index (χ2n) is 4.28. The van der Waals surface area contributed by atoms with Crippen LogP contribution in [0.25, 0.3) is 0 Å². The van der Waals surface area contributed by atoms with E-state index in [0.29, 0.717) is 13.0 Å². The fraction of sp³-hybridized carbons (Fsp3) is 0.133. The monoisotopic (exact) mass is 339 g/mol. The SMILES string of the molecule is NCCc1ccc(C(=O)c2c(F)ccc(Br)c2F)cc1. The van der Waals surface area contributed by atoms with Crippen LogP contribution < -0.4 is 5.73 Å². The summed E-state index contributed by atoms with van der Waals surface area (Å²) in [6.07, 6.45) is 0.689. The molecule has 2 nitrogen and oxygen atoms in total. The maximum Gasteiger partial charge on any atom is 0.198 e. The number of ketones is 1. The third kappa shape index (κ3) is 2.94. The van der Waals surface area contributed by atoms with Crippen molar-refractivity contribution in [2.75, 3.05) is 6.54 Å². The Hall–Kier alpha value is -1.59. The van der Waals surface area contributed by atoms with Gasteiger partial charge >= 0.3 is 0 Å². The molecule has 2 aromatic carbocycles. The fourth-order valence-corrected chi connectivity index (χ4v) is 2.20. The van der Waals surface area contributed by atoms with Gasteiger partial charge in [-0.15, -0.1) is 0 Å². The first-order chi connectivity index (χ1) is 9.54. The molecule has 2 N–H and O–H groups in total. The first kappa shape index (κ1) is 14.8. The van der Waals surface area contributed by atoms with Crippen LogP contribution in [0.15, 0.2) is 40.9 Å². The number of hydrogen-bond acceptors (Lipinski definition) is 2. The molecule has 0 amide bonds. The summed E-state index contributed by atoms with van der Waals surface area (Å²) in [6, 6.07) is 8.84. The van der Waals surface area contributed by atoms with Crippen molar-refractivity contribution in [2.45, 2.75) is 6.42 Å². The quantitative estimate of drug-likeness (QED) is 0.684. The molecule has 0 aliphatic carbocycles. The van der Waals surface area contributed by atoms with Crippen LogP contribution in [0.3, 0.4) is 0 Å². The van der Waals surface area contributed by atoms with Crippen molar-refractivity contribution < 1.29 is 13.6 Å². The van der Waals surface area contributed by atoms with Crippen molar-refractivity contribution in [3.63, 3.8) is 0 Å². The summed E-state index contributed by atoms with van der Waals surface area (Å²) in [5, 5.41) is 0. The lowest BCUT2D eigenvalue weighted by molar-refractivity contribution is 0.103. The molecular weight excluding hydrogens is 328 g/mol. The lowest BCUT2D eigenvalue weighted by atomic mass is 10.0. The number of carbonyl (C=O) groups is 1. The molecule has 0 spiro atoms. The Kier molecular flexibility index (Phi) is 4.62. The van der Waals surface area contributed by atoms with Gasteiger partial charge in [0.25, 0.3) is 0 Å². The molecule has 0 radical (unpaired) electrons. The average molecular weight is 340 g/mol. The van der Waals surface area contributed by atoms with Gasteiger partial charge in [-0.05, 0) is 46.6 Å². The molecule has 0 aromatic heterocycles.